The molecule has 1 radical (unpaired) electrons. The third-order valence-corrected chi connectivity index (χ3v) is 2.14. The van der Waals surface area contributed by atoms with Crippen LogP contribution in [0.4, 0.5) is 0 Å². The highest BCUT2D eigenvalue weighted by Gasteiger charge is 2.23. The van der Waals surface area contributed by atoms with Crippen LogP contribution in [0.5, 0.6) is 0 Å². The highest BCUT2D eigenvalue weighted by atomic mass is 16.1. The van der Waals surface area contributed by atoms with Crippen molar-refractivity contribution < 1.29 is 4.79 Å². The monoisotopic (exact) mass is 160 g/mol. The van der Waals surface area contributed by atoms with Gasteiger partial charge in [-0.3, -0.25) is 4.79 Å². The smallest absolute Gasteiger partial charge is 0.248 e. The van der Waals surface area contributed by atoms with Crippen molar-refractivity contribution in [3.8, 4) is 0 Å². The molecule has 0 unspecified atom stereocenters. The van der Waals surface area contributed by atoms with E-state index in [1.165, 1.54) is 18.4 Å². The third-order valence-electron chi connectivity index (χ3n) is 2.14. The van der Waals surface area contributed by atoms with Gasteiger partial charge in [0.1, 0.15) is 0 Å². The number of nitrogens with two attached hydrogens (primary N) is 1. The molecule has 1 aliphatic carbocycles. The highest BCUT2D eigenvalue weighted by Crippen LogP contribution is 2.39. The molecule has 61 valence electrons. The van der Waals surface area contributed by atoms with E-state index in [0.717, 1.165) is 0 Å². The van der Waals surface area contributed by atoms with Crippen molar-refractivity contribution in [1.29, 1.82) is 0 Å². The van der Waals surface area contributed by atoms with Gasteiger partial charge in [-0.15, -0.1) is 0 Å². The molecule has 2 nitrogen and oxygen atoms in total. The van der Waals surface area contributed by atoms with Crippen LogP contribution < -0.4 is 5.73 Å². The van der Waals surface area contributed by atoms with Crippen molar-refractivity contribution in [3.63, 3.8) is 0 Å². The molecule has 0 saturated heterocycles. The highest BCUT2D eigenvalue weighted by molar-refractivity contribution is 5.92. The van der Waals surface area contributed by atoms with Crippen LogP contribution in [0.3, 0.4) is 0 Å². The second-order valence-corrected chi connectivity index (χ2v) is 3.19. The van der Waals surface area contributed by atoms with Gasteiger partial charge in [-0.2, -0.15) is 0 Å². The van der Waals surface area contributed by atoms with E-state index in [9.17, 15) is 4.79 Å². The standard InChI is InChI=1S/C10H10NO/c11-10(12)9-3-1-2-8(6-9)7-4-5-7/h2-3,6-7H,4-5H2,(H2,11,12). The number of rotatable bonds is 2. The summed E-state index contributed by atoms with van der Waals surface area (Å²) in [5, 5.41) is 0. The SMILES string of the molecule is NC(=O)c1c[c]cc(C2CC2)c1. The van der Waals surface area contributed by atoms with Crippen LogP contribution >= 0.6 is 0 Å². The first kappa shape index (κ1) is 7.35. The minimum Gasteiger partial charge on any atom is -0.366 e. The van der Waals surface area contributed by atoms with Crippen LogP contribution in [0.15, 0.2) is 18.2 Å². The van der Waals surface area contributed by atoms with Crippen LogP contribution in [0.1, 0.15) is 34.7 Å². The maximum absolute atomic E-state index is 10.8. The molecule has 1 aliphatic rings. The van der Waals surface area contributed by atoms with Crippen LogP contribution in [-0.2, 0) is 0 Å². The van der Waals surface area contributed by atoms with E-state index in [-0.39, 0.29) is 5.91 Å². The molecular formula is C10H10NO. The Morgan fingerprint density at radius 3 is 2.83 bits per heavy atom. The summed E-state index contributed by atoms with van der Waals surface area (Å²) in [5.74, 6) is 0.286. The lowest BCUT2D eigenvalue weighted by molar-refractivity contribution is 0.1000. The molecular weight excluding hydrogens is 150 g/mol. The van der Waals surface area contributed by atoms with Crippen LogP contribution in [0, 0.1) is 6.07 Å². The molecule has 0 heterocycles. The molecule has 2 rings (SSSR count). The Labute approximate surface area is 71.4 Å². The molecule has 1 aromatic carbocycles. The average molecular weight is 160 g/mol. The van der Waals surface area contributed by atoms with E-state index in [1.54, 1.807) is 6.07 Å². The first-order valence-electron chi connectivity index (χ1n) is 4.08. The Balaban J connectivity index is 2.32. The molecule has 0 spiro atoms. The van der Waals surface area contributed by atoms with Gasteiger partial charge in [-0.25, -0.2) is 0 Å². The Morgan fingerprint density at radius 2 is 2.25 bits per heavy atom. The summed E-state index contributed by atoms with van der Waals surface area (Å²) in [4.78, 5) is 10.8. The molecule has 0 atom stereocenters. The quantitative estimate of drug-likeness (QED) is 0.699. The average Bonchev–Trinajstić information content (AvgIpc) is 2.87. The number of carbonyl (C=O) groups is 1. The van der Waals surface area contributed by atoms with Gasteiger partial charge in [0.2, 0.25) is 5.91 Å². The largest absolute Gasteiger partial charge is 0.366 e. The van der Waals surface area contributed by atoms with Gasteiger partial charge in [0.25, 0.3) is 0 Å². The molecule has 12 heavy (non-hydrogen) atoms. The van der Waals surface area contributed by atoms with E-state index >= 15 is 0 Å². The van der Waals surface area contributed by atoms with E-state index in [4.69, 9.17) is 5.73 Å². The molecule has 1 amide bonds. The van der Waals surface area contributed by atoms with Crippen molar-refractivity contribution in [2.24, 2.45) is 5.73 Å². The zero-order chi connectivity index (χ0) is 8.55. The molecule has 2 N–H and O–H groups in total. The molecule has 1 saturated carbocycles. The Hall–Kier alpha value is -1.31. The van der Waals surface area contributed by atoms with Crippen LogP contribution in [0.25, 0.3) is 0 Å². The number of hydrogen-bond donors (Lipinski definition) is 1. The summed E-state index contributed by atoms with van der Waals surface area (Å²) >= 11 is 0. The second kappa shape index (κ2) is 2.63. The van der Waals surface area contributed by atoms with Crippen molar-refractivity contribution in [1.82, 2.24) is 0 Å². The van der Waals surface area contributed by atoms with E-state index in [2.05, 4.69) is 6.07 Å². The summed E-state index contributed by atoms with van der Waals surface area (Å²) in [6.45, 7) is 0. The minimum atomic E-state index is -0.367. The zero-order valence-electron chi connectivity index (χ0n) is 6.71. The number of carbonyl (C=O) groups excluding carboxylic acids is 1. The Morgan fingerprint density at radius 1 is 1.50 bits per heavy atom. The van der Waals surface area contributed by atoms with Crippen molar-refractivity contribution >= 4 is 5.91 Å². The normalized spacial score (nSPS) is 16.0. The molecule has 1 fully saturated rings. The number of hydrogen-bond acceptors (Lipinski definition) is 1. The third kappa shape index (κ3) is 1.33. The fourth-order valence-electron chi connectivity index (χ4n) is 1.29. The molecule has 0 bridgehead atoms. The molecule has 0 aromatic heterocycles. The minimum absolute atomic E-state index is 0.367. The lowest BCUT2D eigenvalue weighted by atomic mass is 10.1. The second-order valence-electron chi connectivity index (χ2n) is 3.19. The van der Waals surface area contributed by atoms with Gasteiger partial charge in [-0.1, -0.05) is 6.07 Å². The fourth-order valence-corrected chi connectivity index (χ4v) is 1.29. The van der Waals surface area contributed by atoms with Crippen molar-refractivity contribution in [3.05, 3.63) is 35.4 Å². The van der Waals surface area contributed by atoms with Gasteiger partial charge in [0.15, 0.2) is 0 Å². The maximum Gasteiger partial charge on any atom is 0.248 e. The number of benzene rings is 1. The van der Waals surface area contributed by atoms with Gasteiger partial charge in [-0.05, 0) is 42.5 Å². The molecule has 2 heteroatoms. The van der Waals surface area contributed by atoms with E-state index in [0.29, 0.717) is 11.5 Å². The summed E-state index contributed by atoms with van der Waals surface area (Å²) < 4.78 is 0. The Bertz CT molecular complexity index is 315. The zero-order valence-corrected chi connectivity index (χ0v) is 6.71. The lowest BCUT2D eigenvalue weighted by Crippen LogP contribution is -2.10. The van der Waals surface area contributed by atoms with Gasteiger partial charge in [0, 0.05) is 5.56 Å². The topological polar surface area (TPSA) is 43.1 Å². The van der Waals surface area contributed by atoms with Gasteiger partial charge >= 0.3 is 0 Å². The Kier molecular flexibility index (Phi) is 1.61. The number of amides is 1. The predicted octanol–water partition coefficient (Wildman–Crippen LogP) is 1.46. The molecule has 1 aromatic rings. The maximum atomic E-state index is 10.8. The van der Waals surface area contributed by atoms with Crippen LogP contribution in [-0.4, -0.2) is 5.91 Å². The van der Waals surface area contributed by atoms with Gasteiger partial charge < -0.3 is 5.73 Å². The van der Waals surface area contributed by atoms with Crippen molar-refractivity contribution in [2.45, 2.75) is 18.8 Å². The molecule has 0 aliphatic heterocycles. The number of primary amides is 1. The van der Waals surface area contributed by atoms with E-state index in [1.807, 2.05) is 12.1 Å². The first-order valence-corrected chi connectivity index (χ1v) is 4.08. The summed E-state index contributed by atoms with van der Waals surface area (Å²) in [7, 11) is 0. The fraction of sp³-hybridized carbons (Fsp3) is 0.300. The van der Waals surface area contributed by atoms with Crippen molar-refractivity contribution in [2.75, 3.05) is 0 Å². The summed E-state index contributed by atoms with van der Waals surface area (Å²) in [5.41, 5.74) is 6.91. The van der Waals surface area contributed by atoms with Gasteiger partial charge in [0.05, 0.1) is 0 Å². The first-order chi connectivity index (χ1) is 5.77. The van der Waals surface area contributed by atoms with Crippen LogP contribution in [0.2, 0.25) is 0 Å². The summed E-state index contributed by atoms with van der Waals surface area (Å²) in [6, 6.07) is 8.37. The predicted molar refractivity (Wildman–Crippen MR) is 45.8 cm³/mol. The lowest BCUT2D eigenvalue weighted by Gasteiger charge is -1.98. The summed E-state index contributed by atoms with van der Waals surface area (Å²) in [6.07, 6.45) is 2.46. The van der Waals surface area contributed by atoms with E-state index < -0.39 is 0 Å².